The van der Waals surface area contributed by atoms with Crippen LogP contribution in [0.5, 0.6) is 0 Å². The third-order valence-electron chi connectivity index (χ3n) is 1.93. The fourth-order valence-electron chi connectivity index (χ4n) is 1.16. The molecule has 0 aromatic carbocycles. The zero-order chi connectivity index (χ0) is 12.8. The van der Waals surface area contributed by atoms with E-state index >= 15 is 0 Å². The minimum atomic E-state index is -1.17. The fraction of sp³-hybridized carbons (Fsp3) is 0.333. The van der Waals surface area contributed by atoms with Crippen LogP contribution in [0, 0.1) is 10.1 Å². The molecular formula is C9H11N3O5. The molecule has 8 heteroatoms. The van der Waals surface area contributed by atoms with Gasteiger partial charge in [0.1, 0.15) is 6.04 Å². The quantitative estimate of drug-likeness (QED) is 0.550. The number of nitro groups is 1. The predicted octanol–water partition coefficient (Wildman–Crippen LogP) is 0.501. The molecule has 0 spiro atoms. The van der Waals surface area contributed by atoms with Crippen LogP contribution >= 0.6 is 0 Å². The van der Waals surface area contributed by atoms with Crippen molar-refractivity contribution in [2.75, 3.05) is 19.0 Å². The highest BCUT2D eigenvalue weighted by molar-refractivity contribution is 5.78. The lowest BCUT2D eigenvalue weighted by Crippen LogP contribution is -2.34. The van der Waals surface area contributed by atoms with Gasteiger partial charge in [-0.3, -0.25) is 10.1 Å². The Hall–Kier alpha value is -2.22. The maximum Gasteiger partial charge on any atom is 0.328 e. The number of carbonyl (C=O) groups is 1. The Morgan fingerprint density at radius 3 is 3.00 bits per heavy atom. The van der Waals surface area contributed by atoms with Gasteiger partial charge in [0.05, 0.1) is 11.5 Å². The molecule has 1 aromatic rings. The average molecular weight is 241 g/mol. The summed E-state index contributed by atoms with van der Waals surface area (Å²) in [6.07, 6.45) is 1.33. The summed E-state index contributed by atoms with van der Waals surface area (Å²) in [6, 6.07) is 1.55. The van der Waals surface area contributed by atoms with Crippen molar-refractivity contribution in [2.45, 2.75) is 6.04 Å². The van der Waals surface area contributed by atoms with Gasteiger partial charge in [-0.1, -0.05) is 0 Å². The van der Waals surface area contributed by atoms with Gasteiger partial charge in [0.25, 0.3) is 0 Å². The van der Waals surface area contributed by atoms with Crippen LogP contribution < -0.4 is 5.32 Å². The molecule has 1 rings (SSSR count). The first-order valence-corrected chi connectivity index (χ1v) is 4.64. The molecular weight excluding hydrogens is 230 g/mol. The van der Waals surface area contributed by atoms with Crippen molar-refractivity contribution >= 4 is 17.5 Å². The van der Waals surface area contributed by atoms with Crippen molar-refractivity contribution < 1.29 is 19.6 Å². The van der Waals surface area contributed by atoms with Gasteiger partial charge in [-0.2, -0.15) is 0 Å². The van der Waals surface area contributed by atoms with Crippen LogP contribution in [0.4, 0.5) is 11.5 Å². The van der Waals surface area contributed by atoms with Gasteiger partial charge in [-0.15, -0.1) is 0 Å². The first kappa shape index (κ1) is 12.8. The van der Waals surface area contributed by atoms with E-state index in [1.165, 1.54) is 25.4 Å². The molecule has 0 saturated carbocycles. The van der Waals surface area contributed by atoms with Gasteiger partial charge >= 0.3 is 11.7 Å². The van der Waals surface area contributed by atoms with Gasteiger partial charge in [0, 0.05) is 19.4 Å². The number of hydrogen-bond acceptors (Lipinski definition) is 6. The lowest BCUT2D eigenvalue weighted by Gasteiger charge is -2.13. The summed E-state index contributed by atoms with van der Waals surface area (Å²) < 4.78 is 4.70. The number of nitrogens with one attached hydrogen (secondary N) is 1. The standard InChI is InChI=1S/C9H11N3O5/c1-17-5-6(9(13)14)11-8-7(12(15)16)3-2-4-10-8/h2-4,6H,5H2,1H3,(H,10,11)(H,13,14). The molecule has 0 fully saturated rings. The van der Waals surface area contributed by atoms with Crippen LogP contribution in [0.15, 0.2) is 18.3 Å². The summed E-state index contributed by atoms with van der Waals surface area (Å²) in [7, 11) is 1.34. The second-order valence-electron chi connectivity index (χ2n) is 3.12. The highest BCUT2D eigenvalue weighted by Crippen LogP contribution is 2.20. The maximum absolute atomic E-state index is 10.8. The Labute approximate surface area is 96.4 Å². The Kier molecular flexibility index (Phi) is 4.35. The molecule has 2 N–H and O–H groups in total. The first-order chi connectivity index (χ1) is 8.06. The van der Waals surface area contributed by atoms with Crippen molar-refractivity contribution in [3.63, 3.8) is 0 Å². The number of aromatic nitrogens is 1. The predicted molar refractivity (Wildman–Crippen MR) is 57.8 cm³/mol. The lowest BCUT2D eigenvalue weighted by atomic mass is 10.3. The van der Waals surface area contributed by atoms with Crippen LogP contribution in [-0.2, 0) is 9.53 Å². The number of pyridine rings is 1. The maximum atomic E-state index is 10.8. The summed E-state index contributed by atoms with van der Waals surface area (Å²) in [5.41, 5.74) is -0.283. The molecule has 1 heterocycles. The van der Waals surface area contributed by atoms with Crippen LogP contribution in [0.3, 0.4) is 0 Å². The zero-order valence-corrected chi connectivity index (χ0v) is 8.99. The number of anilines is 1. The van der Waals surface area contributed by atoms with Crippen molar-refractivity contribution in [1.82, 2.24) is 4.98 Å². The summed E-state index contributed by atoms with van der Waals surface area (Å²) in [5.74, 6) is -1.27. The Morgan fingerprint density at radius 1 is 1.76 bits per heavy atom. The second-order valence-corrected chi connectivity index (χ2v) is 3.12. The Bertz CT molecular complexity index is 423. The first-order valence-electron chi connectivity index (χ1n) is 4.64. The molecule has 0 saturated heterocycles. The minimum absolute atomic E-state index is 0.0954. The number of carboxylic acids is 1. The highest BCUT2D eigenvalue weighted by Gasteiger charge is 2.22. The molecule has 0 aliphatic heterocycles. The van der Waals surface area contributed by atoms with Crippen LogP contribution in [0.1, 0.15) is 0 Å². The average Bonchev–Trinajstić information content (AvgIpc) is 2.28. The van der Waals surface area contributed by atoms with Gasteiger partial charge in [-0.05, 0) is 6.07 Å². The molecule has 0 aliphatic carbocycles. The van der Waals surface area contributed by atoms with Crippen molar-refractivity contribution in [1.29, 1.82) is 0 Å². The molecule has 8 nitrogen and oxygen atoms in total. The van der Waals surface area contributed by atoms with E-state index in [0.29, 0.717) is 0 Å². The number of ether oxygens (including phenoxy) is 1. The van der Waals surface area contributed by atoms with E-state index in [9.17, 15) is 14.9 Å². The fourth-order valence-corrected chi connectivity index (χ4v) is 1.16. The number of aliphatic carboxylic acids is 1. The van der Waals surface area contributed by atoms with Crippen molar-refractivity contribution in [3.8, 4) is 0 Å². The largest absolute Gasteiger partial charge is 0.480 e. The number of hydrogen-bond donors (Lipinski definition) is 2. The van der Waals surface area contributed by atoms with Crippen LogP contribution in [0.25, 0.3) is 0 Å². The van der Waals surface area contributed by atoms with Crippen molar-refractivity contribution in [2.24, 2.45) is 0 Å². The number of methoxy groups -OCH3 is 1. The molecule has 17 heavy (non-hydrogen) atoms. The van der Waals surface area contributed by atoms with Crippen LogP contribution in [-0.4, -0.2) is 40.7 Å². The highest BCUT2D eigenvalue weighted by atomic mass is 16.6. The van der Waals surface area contributed by atoms with E-state index in [-0.39, 0.29) is 18.1 Å². The monoisotopic (exact) mass is 241 g/mol. The second kappa shape index (κ2) is 5.75. The van der Waals surface area contributed by atoms with Crippen molar-refractivity contribution in [3.05, 3.63) is 28.4 Å². The molecule has 0 bridgehead atoms. The molecule has 92 valence electrons. The SMILES string of the molecule is COCC(Nc1ncccc1[N+](=O)[O-])C(=O)O. The van der Waals surface area contributed by atoms with Gasteiger partial charge in [0.15, 0.2) is 0 Å². The summed E-state index contributed by atoms with van der Waals surface area (Å²) in [6.45, 7) is -0.122. The Morgan fingerprint density at radius 2 is 2.47 bits per heavy atom. The molecule has 1 aromatic heterocycles. The third kappa shape index (κ3) is 3.38. The van der Waals surface area contributed by atoms with E-state index in [0.717, 1.165) is 0 Å². The van der Waals surface area contributed by atoms with E-state index in [1.807, 2.05) is 0 Å². The van der Waals surface area contributed by atoms with Crippen LogP contribution in [0.2, 0.25) is 0 Å². The number of carboxylic acid groups (broad SMARTS) is 1. The summed E-state index contributed by atoms with van der Waals surface area (Å²) >= 11 is 0. The van der Waals surface area contributed by atoms with E-state index in [2.05, 4.69) is 10.3 Å². The van der Waals surface area contributed by atoms with Gasteiger partial charge in [-0.25, -0.2) is 9.78 Å². The smallest absolute Gasteiger partial charge is 0.328 e. The third-order valence-corrected chi connectivity index (χ3v) is 1.93. The van der Waals surface area contributed by atoms with Gasteiger partial charge < -0.3 is 15.2 Å². The van der Waals surface area contributed by atoms with Gasteiger partial charge in [0.2, 0.25) is 5.82 Å². The Balaban J connectivity index is 2.92. The molecule has 1 atom stereocenters. The van der Waals surface area contributed by atoms with E-state index in [1.54, 1.807) is 0 Å². The summed E-state index contributed by atoms with van der Waals surface area (Å²) in [4.78, 5) is 24.6. The number of rotatable bonds is 6. The topological polar surface area (TPSA) is 115 Å². The van der Waals surface area contributed by atoms with E-state index < -0.39 is 16.9 Å². The number of nitrogens with zero attached hydrogens (tertiary/aromatic N) is 2. The lowest BCUT2D eigenvalue weighted by molar-refractivity contribution is -0.384. The molecule has 0 radical (unpaired) electrons. The minimum Gasteiger partial charge on any atom is -0.480 e. The van der Waals surface area contributed by atoms with E-state index in [4.69, 9.17) is 9.84 Å². The molecule has 1 unspecified atom stereocenters. The zero-order valence-electron chi connectivity index (χ0n) is 8.99. The molecule has 0 aliphatic rings. The normalized spacial score (nSPS) is 11.8. The molecule has 0 amide bonds. The summed E-state index contributed by atoms with van der Waals surface area (Å²) in [5, 5.41) is 22.0.